The Morgan fingerprint density at radius 1 is 0.793 bits per heavy atom. The third-order valence-corrected chi connectivity index (χ3v) is 9.13. The van der Waals surface area contributed by atoms with E-state index in [4.69, 9.17) is 4.74 Å². The average molecular weight is 403 g/mol. The second kappa shape index (κ2) is 7.38. The van der Waals surface area contributed by atoms with Crippen LogP contribution < -0.4 is 0 Å². The predicted molar refractivity (Wildman–Crippen MR) is 115 cm³/mol. The number of rotatable bonds is 4. The minimum Gasteiger partial charge on any atom is -0.469 e. The lowest BCUT2D eigenvalue weighted by Crippen LogP contribution is -2.51. The second-order valence-corrected chi connectivity index (χ2v) is 12.6. The van der Waals surface area contributed by atoms with Gasteiger partial charge in [-0.15, -0.1) is 0 Å². The van der Waals surface area contributed by atoms with Crippen molar-refractivity contribution in [3.8, 4) is 0 Å². The van der Waals surface area contributed by atoms with Gasteiger partial charge >= 0.3 is 5.97 Å². The van der Waals surface area contributed by atoms with Crippen molar-refractivity contribution >= 4 is 11.8 Å². The molecule has 29 heavy (non-hydrogen) atoms. The van der Waals surface area contributed by atoms with E-state index < -0.39 is 0 Å². The molecule has 4 bridgehead atoms. The normalized spacial score (nSPS) is 49.3. The summed E-state index contributed by atoms with van der Waals surface area (Å²) in [5.41, 5.74) is -0.495. The smallest absolute Gasteiger partial charge is 0.311 e. The molecule has 0 aromatic heterocycles. The van der Waals surface area contributed by atoms with Gasteiger partial charge in [-0.2, -0.15) is 0 Å². The van der Waals surface area contributed by atoms with E-state index in [0.29, 0.717) is 35.9 Å². The fourth-order valence-electron chi connectivity index (χ4n) is 9.14. The van der Waals surface area contributed by atoms with Crippen LogP contribution in [-0.2, 0) is 14.3 Å². The molecule has 0 radical (unpaired) electrons. The highest BCUT2D eigenvalue weighted by Gasteiger charge is 2.56. The van der Waals surface area contributed by atoms with Gasteiger partial charge < -0.3 is 4.74 Å². The molecular formula is C26H42O3. The first-order chi connectivity index (χ1) is 13.6. The Bertz CT molecular complexity index is 645. The zero-order valence-corrected chi connectivity index (χ0v) is 19.4. The molecule has 6 unspecified atom stereocenters. The van der Waals surface area contributed by atoms with E-state index in [1.165, 1.54) is 26.4 Å². The lowest BCUT2D eigenvalue weighted by atomic mass is 9.49. The van der Waals surface area contributed by atoms with Gasteiger partial charge in [0.15, 0.2) is 0 Å². The van der Waals surface area contributed by atoms with E-state index in [0.717, 1.165) is 50.9 Å². The SMILES string of the molecule is COC(=O)C12CC(C)CC(CC(C)(CC(=O)C34CC(C)CC(CC(C)C3)C4)C1)C2. The summed E-state index contributed by atoms with van der Waals surface area (Å²) in [4.78, 5) is 26.8. The van der Waals surface area contributed by atoms with E-state index in [1.807, 2.05) is 0 Å². The number of esters is 1. The number of methoxy groups -OCH3 is 1. The predicted octanol–water partition coefficient (Wildman–Crippen LogP) is 6.19. The Labute approximate surface area is 177 Å². The van der Waals surface area contributed by atoms with Crippen LogP contribution in [0.25, 0.3) is 0 Å². The zero-order valence-electron chi connectivity index (χ0n) is 19.4. The average Bonchev–Trinajstić information content (AvgIpc) is 2.57. The molecule has 0 aromatic carbocycles. The van der Waals surface area contributed by atoms with Gasteiger partial charge in [-0.1, -0.05) is 27.7 Å². The van der Waals surface area contributed by atoms with Crippen LogP contribution in [0, 0.1) is 45.8 Å². The molecule has 0 amide bonds. The molecule has 164 valence electrons. The summed E-state index contributed by atoms with van der Waals surface area (Å²) in [7, 11) is 1.54. The number of hydrogen-bond donors (Lipinski definition) is 0. The fourth-order valence-corrected chi connectivity index (χ4v) is 9.14. The maximum Gasteiger partial charge on any atom is 0.311 e. The van der Waals surface area contributed by atoms with Crippen LogP contribution in [0.15, 0.2) is 0 Å². The van der Waals surface area contributed by atoms with Crippen LogP contribution in [-0.4, -0.2) is 18.9 Å². The van der Waals surface area contributed by atoms with E-state index in [1.54, 1.807) is 0 Å². The Kier molecular flexibility index (Phi) is 5.44. The van der Waals surface area contributed by atoms with E-state index in [9.17, 15) is 9.59 Å². The Morgan fingerprint density at radius 3 is 1.90 bits per heavy atom. The molecule has 4 aliphatic carbocycles. The summed E-state index contributed by atoms with van der Waals surface area (Å²) in [6.45, 7) is 9.29. The summed E-state index contributed by atoms with van der Waals surface area (Å²) < 4.78 is 5.30. The maximum absolute atomic E-state index is 13.9. The molecule has 3 heteroatoms. The van der Waals surface area contributed by atoms with E-state index in [2.05, 4.69) is 27.7 Å². The molecule has 4 saturated carbocycles. The zero-order chi connectivity index (χ0) is 21.0. The molecule has 0 spiro atoms. The molecule has 0 N–H and O–H groups in total. The van der Waals surface area contributed by atoms with Crippen molar-refractivity contribution in [2.75, 3.05) is 7.11 Å². The molecule has 4 rings (SSSR count). The number of carbonyl (C=O) groups excluding carboxylic acids is 2. The fraction of sp³-hybridized carbons (Fsp3) is 0.923. The molecule has 4 aliphatic rings. The molecule has 3 nitrogen and oxygen atoms in total. The van der Waals surface area contributed by atoms with Crippen molar-refractivity contribution in [2.45, 2.75) is 98.3 Å². The summed E-state index contributed by atoms with van der Waals surface area (Å²) in [5.74, 6) is 3.72. The number of ketones is 1. The van der Waals surface area contributed by atoms with Crippen LogP contribution in [0.1, 0.15) is 98.3 Å². The minimum absolute atomic E-state index is 0.0248. The van der Waals surface area contributed by atoms with Gasteiger partial charge in [0.05, 0.1) is 12.5 Å². The van der Waals surface area contributed by atoms with E-state index >= 15 is 0 Å². The van der Waals surface area contributed by atoms with Crippen molar-refractivity contribution < 1.29 is 14.3 Å². The van der Waals surface area contributed by atoms with Crippen molar-refractivity contribution in [3.05, 3.63) is 0 Å². The third kappa shape index (κ3) is 3.92. The van der Waals surface area contributed by atoms with Crippen molar-refractivity contribution in [1.82, 2.24) is 0 Å². The quantitative estimate of drug-likeness (QED) is 0.526. The van der Waals surface area contributed by atoms with Gasteiger partial charge in [0.25, 0.3) is 0 Å². The largest absolute Gasteiger partial charge is 0.469 e. The highest BCUT2D eigenvalue weighted by molar-refractivity contribution is 5.86. The Morgan fingerprint density at radius 2 is 1.31 bits per heavy atom. The summed E-state index contributed by atoms with van der Waals surface area (Å²) >= 11 is 0. The van der Waals surface area contributed by atoms with Crippen LogP contribution in [0.3, 0.4) is 0 Å². The minimum atomic E-state index is -0.357. The summed E-state index contributed by atoms with van der Waals surface area (Å²) in [5, 5.41) is 0. The van der Waals surface area contributed by atoms with Gasteiger partial charge in [-0.25, -0.2) is 0 Å². The molecular weight excluding hydrogens is 360 g/mol. The first-order valence-electron chi connectivity index (χ1n) is 12.2. The van der Waals surface area contributed by atoms with Crippen LogP contribution in [0.4, 0.5) is 0 Å². The second-order valence-electron chi connectivity index (χ2n) is 12.6. The van der Waals surface area contributed by atoms with E-state index in [-0.39, 0.29) is 22.2 Å². The maximum atomic E-state index is 13.9. The van der Waals surface area contributed by atoms with Gasteiger partial charge in [-0.3, -0.25) is 9.59 Å². The van der Waals surface area contributed by atoms with Crippen molar-refractivity contribution in [1.29, 1.82) is 0 Å². The van der Waals surface area contributed by atoms with Crippen molar-refractivity contribution in [2.24, 2.45) is 45.8 Å². The highest BCUT2D eigenvalue weighted by atomic mass is 16.5. The Balaban J connectivity index is 1.56. The summed E-state index contributed by atoms with van der Waals surface area (Å²) in [6, 6.07) is 0. The number of Topliss-reactive ketones (excluding diaryl/α,β-unsaturated/α-hetero) is 1. The summed E-state index contributed by atoms with van der Waals surface area (Å²) in [6.07, 6.45) is 11.6. The van der Waals surface area contributed by atoms with Gasteiger partial charge in [0.2, 0.25) is 0 Å². The van der Waals surface area contributed by atoms with Crippen LogP contribution in [0.5, 0.6) is 0 Å². The van der Waals surface area contributed by atoms with Gasteiger partial charge in [0, 0.05) is 11.8 Å². The molecule has 4 fully saturated rings. The number of carbonyl (C=O) groups is 2. The van der Waals surface area contributed by atoms with Gasteiger partial charge in [-0.05, 0) is 99.2 Å². The Hall–Kier alpha value is -0.860. The van der Waals surface area contributed by atoms with Crippen molar-refractivity contribution in [3.63, 3.8) is 0 Å². The standard InChI is InChI=1S/C26H42O3/c1-17-6-20-7-18(2)10-25(9-17,13-20)22(27)15-24(4)12-21-8-19(3)11-26(14-21,16-24)23(28)29-5/h17-21H,6-16H2,1-5H3. The lowest BCUT2D eigenvalue weighted by Gasteiger charge is -2.54. The van der Waals surface area contributed by atoms with Gasteiger partial charge in [0.1, 0.15) is 5.78 Å². The molecule has 0 heterocycles. The lowest BCUT2D eigenvalue weighted by molar-refractivity contribution is -0.167. The topological polar surface area (TPSA) is 43.4 Å². The molecule has 0 aliphatic heterocycles. The molecule has 0 aromatic rings. The van der Waals surface area contributed by atoms with Crippen LogP contribution >= 0.6 is 0 Å². The van der Waals surface area contributed by atoms with Crippen LogP contribution in [0.2, 0.25) is 0 Å². The number of hydrogen-bond acceptors (Lipinski definition) is 3. The highest BCUT2D eigenvalue weighted by Crippen LogP contribution is 2.60. The third-order valence-electron chi connectivity index (χ3n) is 9.13. The number of ether oxygens (including phenoxy) is 1. The molecule has 0 saturated heterocycles. The number of fused-ring (bicyclic) bond motifs is 4. The monoisotopic (exact) mass is 402 g/mol. The first-order valence-corrected chi connectivity index (χ1v) is 12.2. The first kappa shape index (κ1) is 21.4. The molecule has 6 atom stereocenters.